The van der Waals surface area contributed by atoms with Gasteiger partial charge in [0.1, 0.15) is 0 Å². The lowest BCUT2D eigenvalue weighted by molar-refractivity contribution is 0.0600. The lowest BCUT2D eigenvalue weighted by Crippen LogP contribution is -2.13. The molecule has 5 nitrogen and oxygen atoms in total. The van der Waals surface area contributed by atoms with Crippen LogP contribution < -0.4 is 4.72 Å². The summed E-state index contributed by atoms with van der Waals surface area (Å²) in [6.07, 6.45) is 0. The van der Waals surface area contributed by atoms with Crippen LogP contribution in [0.25, 0.3) is 0 Å². The van der Waals surface area contributed by atoms with E-state index < -0.39 is 16.0 Å². The summed E-state index contributed by atoms with van der Waals surface area (Å²) in [4.78, 5) is 11.5. The van der Waals surface area contributed by atoms with Crippen molar-refractivity contribution in [3.63, 3.8) is 0 Å². The minimum absolute atomic E-state index is 0.0834. The van der Waals surface area contributed by atoms with E-state index in [2.05, 4.69) is 9.46 Å². The Kier molecular flexibility index (Phi) is 5.05. The van der Waals surface area contributed by atoms with E-state index in [1.807, 2.05) is 32.0 Å². The first-order valence-electron chi connectivity index (χ1n) is 7.14. The summed E-state index contributed by atoms with van der Waals surface area (Å²) in [5.41, 5.74) is 1.85. The average molecular weight is 333 g/mol. The van der Waals surface area contributed by atoms with E-state index in [1.165, 1.54) is 31.4 Å². The topological polar surface area (TPSA) is 72.5 Å². The molecule has 0 bridgehead atoms. The van der Waals surface area contributed by atoms with Crippen molar-refractivity contribution in [1.29, 1.82) is 0 Å². The van der Waals surface area contributed by atoms with Crippen molar-refractivity contribution in [1.82, 2.24) is 0 Å². The van der Waals surface area contributed by atoms with Gasteiger partial charge in [0.2, 0.25) is 0 Å². The summed E-state index contributed by atoms with van der Waals surface area (Å²) >= 11 is 0. The van der Waals surface area contributed by atoms with Gasteiger partial charge in [-0.15, -0.1) is 0 Å². The second kappa shape index (κ2) is 6.83. The van der Waals surface area contributed by atoms with Crippen LogP contribution in [0.3, 0.4) is 0 Å². The van der Waals surface area contributed by atoms with Crippen LogP contribution in [-0.2, 0) is 14.8 Å². The molecule has 0 saturated heterocycles. The van der Waals surface area contributed by atoms with Gasteiger partial charge in [-0.25, -0.2) is 13.2 Å². The van der Waals surface area contributed by atoms with Gasteiger partial charge in [-0.3, -0.25) is 4.72 Å². The summed E-state index contributed by atoms with van der Waals surface area (Å²) in [5.74, 6) is -0.203. The molecule has 0 heterocycles. The number of methoxy groups -OCH3 is 1. The molecule has 0 aliphatic rings. The van der Waals surface area contributed by atoms with Gasteiger partial charge < -0.3 is 4.74 Å². The molecule has 23 heavy (non-hydrogen) atoms. The molecule has 1 N–H and O–H groups in total. The molecule has 2 aromatic carbocycles. The van der Waals surface area contributed by atoms with Gasteiger partial charge in [0, 0.05) is 5.69 Å². The van der Waals surface area contributed by atoms with E-state index in [1.54, 1.807) is 6.07 Å². The van der Waals surface area contributed by atoms with Crippen molar-refractivity contribution < 1.29 is 17.9 Å². The summed E-state index contributed by atoms with van der Waals surface area (Å²) < 4.78 is 31.9. The fraction of sp³-hybridized carbons (Fsp3) is 0.235. The lowest BCUT2D eigenvalue weighted by Gasteiger charge is -2.11. The average Bonchev–Trinajstić information content (AvgIpc) is 2.54. The molecule has 0 fully saturated rings. The fourth-order valence-electron chi connectivity index (χ4n) is 2.06. The molecule has 2 aromatic rings. The minimum atomic E-state index is -3.71. The first kappa shape index (κ1) is 17.0. The number of benzene rings is 2. The maximum absolute atomic E-state index is 12.4. The molecule has 0 unspecified atom stereocenters. The summed E-state index contributed by atoms with van der Waals surface area (Å²) in [6.45, 7) is 4.08. The van der Waals surface area contributed by atoms with Crippen molar-refractivity contribution in [2.24, 2.45) is 0 Å². The molecule has 0 aliphatic heterocycles. The Morgan fingerprint density at radius 1 is 1.09 bits per heavy atom. The zero-order chi connectivity index (χ0) is 17.0. The van der Waals surface area contributed by atoms with Crippen LogP contribution in [0.4, 0.5) is 5.69 Å². The maximum atomic E-state index is 12.4. The van der Waals surface area contributed by atoms with Gasteiger partial charge in [-0.1, -0.05) is 26.0 Å². The highest BCUT2D eigenvalue weighted by atomic mass is 32.2. The van der Waals surface area contributed by atoms with Gasteiger partial charge in [0.05, 0.1) is 17.6 Å². The van der Waals surface area contributed by atoms with Crippen molar-refractivity contribution in [3.05, 3.63) is 59.7 Å². The van der Waals surface area contributed by atoms with Crippen LogP contribution in [0, 0.1) is 0 Å². The van der Waals surface area contributed by atoms with E-state index in [-0.39, 0.29) is 4.90 Å². The highest BCUT2D eigenvalue weighted by molar-refractivity contribution is 7.92. The van der Waals surface area contributed by atoms with E-state index in [4.69, 9.17) is 0 Å². The number of carbonyl (C=O) groups excluding carboxylic acids is 1. The van der Waals surface area contributed by atoms with Crippen LogP contribution >= 0.6 is 0 Å². The number of sulfonamides is 1. The Morgan fingerprint density at radius 2 is 1.74 bits per heavy atom. The molecule has 0 radical (unpaired) electrons. The maximum Gasteiger partial charge on any atom is 0.337 e. The third-order valence-corrected chi connectivity index (χ3v) is 4.79. The second-order valence-electron chi connectivity index (χ2n) is 5.40. The molecule has 0 aliphatic carbocycles. The Morgan fingerprint density at radius 3 is 2.30 bits per heavy atom. The van der Waals surface area contributed by atoms with Crippen LogP contribution in [0.5, 0.6) is 0 Å². The number of carbonyl (C=O) groups is 1. The first-order chi connectivity index (χ1) is 10.8. The molecule has 2 rings (SSSR count). The number of rotatable bonds is 5. The van der Waals surface area contributed by atoms with Crippen molar-refractivity contribution in [3.8, 4) is 0 Å². The zero-order valence-corrected chi connectivity index (χ0v) is 14.1. The number of hydrogen-bond donors (Lipinski definition) is 1. The van der Waals surface area contributed by atoms with Gasteiger partial charge in [-0.05, 0) is 47.9 Å². The van der Waals surface area contributed by atoms with Crippen molar-refractivity contribution >= 4 is 21.7 Å². The van der Waals surface area contributed by atoms with E-state index >= 15 is 0 Å². The largest absolute Gasteiger partial charge is 0.465 e. The molecule has 0 amide bonds. The number of ether oxygens (including phenoxy) is 1. The van der Waals surface area contributed by atoms with Crippen LogP contribution in [0.1, 0.15) is 35.7 Å². The zero-order valence-electron chi connectivity index (χ0n) is 13.2. The molecule has 0 atom stereocenters. The third kappa shape index (κ3) is 4.10. The van der Waals surface area contributed by atoms with Crippen molar-refractivity contribution in [2.45, 2.75) is 24.7 Å². The Balaban J connectivity index is 2.25. The predicted molar refractivity (Wildman–Crippen MR) is 89.1 cm³/mol. The second-order valence-corrected chi connectivity index (χ2v) is 7.08. The molecule has 122 valence electrons. The van der Waals surface area contributed by atoms with Gasteiger partial charge in [0.25, 0.3) is 10.0 Å². The van der Waals surface area contributed by atoms with E-state index in [0.29, 0.717) is 17.2 Å². The van der Waals surface area contributed by atoms with Gasteiger partial charge in [-0.2, -0.15) is 0 Å². The lowest BCUT2D eigenvalue weighted by atomic mass is 10.0. The quantitative estimate of drug-likeness (QED) is 0.851. The third-order valence-electron chi connectivity index (χ3n) is 3.39. The Labute approximate surface area is 136 Å². The molecule has 0 spiro atoms. The number of nitrogens with one attached hydrogen (secondary N) is 1. The molecule has 0 saturated carbocycles. The molecular weight excluding hydrogens is 314 g/mol. The Hall–Kier alpha value is -2.34. The van der Waals surface area contributed by atoms with Gasteiger partial charge in [0.15, 0.2) is 0 Å². The fourth-order valence-corrected chi connectivity index (χ4v) is 3.11. The highest BCUT2D eigenvalue weighted by Gasteiger charge is 2.15. The molecular formula is C17H19NO4S. The van der Waals surface area contributed by atoms with E-state index in [0.717, 1.165) is 5.56 Å². The predicted octanol–water partition coefficient (Wildman–Crippen LogP) is 3.40. The summed E-state index contributed by atoms with van der Waals surface area (Å²) in [6, 6.07) is 12.9. The Bertz CT molecular complexity index is 796. The number of anilines is 1. The molecule has 6 heteroatoms. The highest BCUT2D eigenvalue weighted by Crippen LogP contribution is 2.21. The normalized spacial score (nSPS) is 11.3. The van der Waals surface area contributed by atoms with Gasteiger partial charge >= 0.3 is 5.97 Å². The molecule has 0 aromatic heterocycles. The smallest absolute Gasteiger partial charge is 0.337 e. The monoisotopic (exact) mass is 333 g/mol. The number of esters is 1. The minimum Gasteiger partial charge on any atom is -0.465 e. The van der Waals surface area contributed by atoms with E-state index in [9.17, 15) is 13.2 Å². The van der Waals surface area contributed by atoms with Crippen LogP contribution in [-0.4, -0.2) is 21.5 Å². The summed E-state index contributed by atoms with van der Waals surface area (Å²) in [5, 5.41) is 0. The number of hydrogen-bond acceptors (Lipinski definition) is 4. The standard InChI is InChI=1S/C17H19NO4S/c1-12(2)14-5-4-6-15(11-14)18-23(20,21)16-9-7-13(8-10-16)17(19)22-3/h4-12,18H,1-3H3. The first-order valence-corrected chi connectivity index (χ1v) is 8.63. The van der Waals surface area contributed by atoms with Crippen molar-refractivity contribution in [2.75, 3.05) is 11.8 Å². The summed E-state index contributed by atoms with van der Waals surface area (Å²) in [7, 11) is -2.43. The SMILES string of the molecule is COC(=O)c1ccc(S(=O)(=O)Nc2cccc(C(C)C)c2)cc1. The van der Waals surface area contributed by atoms with Crippen LogP contribution in [0.15, 0.2) is 53.4 Å². The van der Waals surface area contributed by atoms with Crippen LogP contribution in [0.2, 0.25) is 0 Å².